The number of alkyl halides is 2. The van der Waals surface area contributed by atoms with Crippen molar-refractivity contribution >= 4 is 11.4 Å². The summed E-state index contributed by atoms with van der Waals surface area (Å²) in [6.45, 7) is 7.48. The summed E-state index contributed by atoms with van der Waals surface area (Å²) in [6, 6.07) is -0.0842. The van der Waals surface area contributed by atoms with Gasteiger partial charge in [-0.1, -0.05) is 6.92 Å². The molecule has 0 spiro atoms. The van der Waals surface area contributed by atoms with Gasteiger partial charge in [0.05, 0.1) is 6.04 Å². The fourth-order valence-electron chi connectivity index (χ4n) is 1.00. The van der Waals surface area contributed by atoms with Gasteiger partial charge in [-0.3, -0.25) is 0 Å². The van der Waals surface area contributed by atoms with Crippen LogP contribution in [0.4, 0.5) is 8.78 Å². The number of nitrogens with one attached hydrogen (secondary N) is 1. The van der Waals surface area contributed by atoms with Gasteiger partial charge in [-0.15, -0.1) is 4.72 Å². The summed E-state index contributed by atoms with van der Waals surface area (Å²) in [6.07, 6.45) is -1.32. The molecule has 1 unspecified atom stereocenters. The van der Waals surface area contributed by atoms with Gasteiger partial charge in [0.2, 0.25) is 6.43 Å². The molecule has 0 aromatic rings. The van der Waals surface area contributed by atoms with Crippen molar-refractivity contribution in [3.05, 3.63) is 0 Å². The summed E-state index contributed by atoms with van der Waals surface area (Å²) in [5, 5.41) is 0. The first-order chi connectivity index (χ1) is 6.77. The predicted molar refractivity (Wildman–Crippen MR) is 60.3 cm³/mol. The zero-order valence-electron chi connectivity index (χ0n) is 9.85. The van der Waals surface area contributed by atoms with Crippen molar-refractivity contribution in [2.24, 2.45) is 0 Å². The van der Waals surface area contributed by atoms with Crippen LogP contribution in [0.1, 0.15) is 47.0 Å². The SMILES string of the molecule is CC[C@H](CCC(F)F)N[S+]([O-])C(C)(C)C. The minimum absolute atomic E-state index is 0.0842. The van der Waals surface area contributed by atoms with E-state index in [0.29, 0.717) is 12.8 Å². The van der Waals surface area contributed by atoms with Crippen molar-refractivity contribution in [2.45, 2.75) is 64.2 Å². The highest BCUT2D eigenvalue weighted by atomic mass is 32.2. The van der Waals surface area contributed by atoms with E-state index in [1.54, 1.807) is 0 Å². The molecule has 0 bridgehead atoms. The van der Waals surface area contributed by atoms with E-state index in [2.05, 4.69) is 4.72 Å². The van der Waals surface area contributed by atoms with Gasteiger partial charge in [0.15, 0.2) is 0 Å². The van der Waals surface area contributed by atoms with Gasteiger partial charge in [0.1, 0.15) is 4.75 Å². The van der Waals surface area contributed by atoms with Gasteiger partial charge in [-0.2, -0.15) is 0 Å². The molecule has 0 aliphatic rings. The Kier molecular flexibility index (Phi) is 6.71. The molecule has 0 fully saturated rings. The maximum absolute atomic E-state index is 12.0. The zero-order chi connectivity index (χ0) is 12.1. The fourth-order valence-corrected chi connectivity index (χ4v) is 1.94. The van der Waals surface area contributed by atoms with Gasteiger partial charge in [-0.05, 0) is 33.6 Å². The third-order valence-corrected chi connectivity index (χ3v) is 3.72. The lowest BCUT2D eigenvalue weighted by atomic mass is 10.1. The molecule has 0 aliphatic carbocycles. The lowest BCUT2D eigenvalue weighted by molar-refractivity contribution is 0.131. The molecule has 0 saturated carbocycles. The Morgan fingerprint density at radius 3 is 2.13 bits per heavy atom. The van der Waals surface area contributed by atoms with Crippen molar-refractivity contribution in [1.82, 2.24) is 4.72 Å². The molecule has 0 rings (SSSR count). The van der Waals surface area contributed by atoms with Crippen LogP contribution in [-0.4, -0.2) is 21.8 Å². The standard InChI is InChI=1S/C10H21F2NOS/c1-5-8(6-7-9(11)12)13-15(14)10(2,3)4/h8-9,13H,5-7H2,1-4H3/t8-,15?/m1/s1. The summed E-state index contributed by atoms with van der Waals surface area (Å²) < 4.78 is 38.2. The van der Waals surface area contributed by atoms with Crippen LogP contribution in [0.15, 0.2) is 0 Å². The second-order valence-corrected chi connectivity index (χ2v) is 6.57. The van der Waals surface area contributed by atoms with E-state index < -0.39 is 17.8 Å². The third kappa shape index (κ3) is 7.09. The summed E-state index contributed by atoms with van der Waals surface area (Å²) in [7, 11) is 0. The van der Waals surface area contributed by atoms with Crippen LogP contribution in [0.3, 0.4) is 0 Å². The average Bonchev–Trinajstić information content (AvgIpc) is 2.09. The first kappa shape index (κ1) is 15.1. The molecule has 15 heavy (non-hydrogen) atoms. The molecule has 0 heterocycles. The van der Waals surface area contributed by atoms with Crippen LogP contribution >= 0.6 is 0 Å². The molecule has 5 heteroatoms. The molecule has 0 amide bonds. The lowest BCUT2D eigenvalue weighted by Crippen LogP contribution is -2.44. The molecule has 0 aliphatic heterocycles. The molecule has 92 valence electrons. The van der Waals surface area contributed by atoms with Crippen molar-refractivity contribution in [2.75, 3.05) is 0 Å². The molecular weight excluding hydrogens is 220 g/mol. The normalized spacial score (nSPS) is 16.8. The summed E-state index contributed by atoms with van der Waals surface area (Å²) in [4.78, 5) is 0. The van der Waals surface area contributed by atoms with E-state index in [4.69, 9.17) is 0 Å². The van der Waals surface area contributed by atoms with Gasteiger partial charge >= 0.3 is 0 Å². The number of rotatable bonds is 6. The van der Waals surface area contributed by atoms with Gasteiger partial charge in [-0.25, -0.2) is 8.78 Å². The first-order valence-corrected chi connectivity index (χ1v) is 6.38. The highest BCUT2D eigenvalue weighted by molar-refractivity contribution is 7.90. The molecule has 0 radical (unpaired) electrons. The van der Waals surface area contributed by atoms with Gasteiger partial charge < -0.3 is 4.55 Å². The van der Waals surface area contributed by atoms with E-state index in [-0.39, 0.29) is 17.2 Å². The molecule has 0 saturated heterocycles. The van der Waals surface area contributed by atoms with Crippen molar-refractivity contribution < 1.29 is 13.3 Å². The molecule has 2 nitrogen and oxygen atoms in total. The Morgan fingerprint density at radius 2 is 1.80 bits per heavy atom. The Hall–Kier alpha value is 0.130. The zero-order valence-corrected chi connectivity index (χ0v) is 10.7. The van der Waals surface area contributed by atoms with Crippen molar-refractivity contribution in [3.8, 4) is 0 Å². The maximum Gasteiger partial charge on any atom is 0.238 e. The number of hydrogen-bond acceptors (Lipinski definition) is 2. The average molecular weight is 241 g/mol. The first-order valence-electron chi connectivity index (χ1n) is 5.23. The maximum atomic E-state index is 12.0. The number of hydrogen-bond donors (Lipinski definition) is 1. The minimum atomic E-state index is -2.27. The summed E-state index contributed by atoms with van der Waals surface area (Å²) in [5.74, 6) is 0. The van der Waals surface area contributed by atoms with E-state index >= 15 is 0 Å². The Bertz CT molecular complexity index is 173. The molecule has 0 aromatic carbocycles. The molecule has 1 N–H and O–H groups in total. The molecule has 2 atom stereocenters. The van der Waals surface area contributed by atoms with Crippen LogP contribution < -0.4 is 4.72 Å². The van der Waals surface area contributed by atoms with Crippen LogP contribution in [0.5, 0.6) is 0 Å². The van der Waals surface area contributed by atoms with Crippen LogP contribution in [0.25, 0.3) is 0 Å². The second-order valence-electron chi connectivity index (χ2n) is 4.57. The van der Waals surface area contributed by atoms with E-state index in [0.717, 1.165) is 0 Å². The highest BCUT2D eigenvalue weighted by Gasteiger charge is 2.28. The van der Waals surface area contributed by atoms with Crippen LogP contribution in [0, 0.1) is 0 Å². The fraction of sp³-hybridized carbons (Fsp3) is 1.00. The smallest absolute Gasteiger partial charge is 0.238 e. The Balaban J connectivity index is 3.99. The second kappa shape index (κ2) is 6.66. The Labute approximate surface area is 94.1 Å². The highest BCUT2D eigenvalue weighted by Crippen LogP contribution is 2.16. The Morgan fingerprint density at radius 1 is 1.27 bits per heavy atom. The van der Waals surface area contributed by atoms with E-state index in [1.807, 2.05) is 27.7 Å². The van der Waals surface area contributed by atoms with Crippen LogP contribution in [-0.2, 0) is 11.4 Å². The quantitative estimate of drug-likeness (QED) is 0.726. The van der Waals surface area contributed by atoms with E-state index in [1.165, 1.54) is 0 Å². The minimum Gasteiger partial charge on any atom is -0.598 e. The van der Waals surface area contributed by atoms with Gasteiger partial charge in [0.25, 0.3) is 0 Å². The topological polar surface area (TPSA) is 35.1 Å². The third-order valence-electron chi connectivity index (χ3n) is 2.06. The lowest BCUT2D eigenvalue weighted by Gasteiger charge is -2.27. The predicted octanol–water partition coefficient (Wildman–Crippen LogP) is 2.86. The monoisotopic (exact) mass is 241 g/mol. The van der Waals surface area contributed by atoms with Crippen molar-refractivity contribution in [3.63, 3.8) is 0 Å². The van der Waals surface area contributed by atoms with E-state index in [9.17, 15) is 13.3 Å². The molecular formula is C10H21F2NOS. The van der Waals surface area contributed by atoms with Crippen LogP contribution in [0.2, 0.25) is 0 Å². The van der Waals surface area contributed by atoms with Crippen molar-refractivity contribution in [1.29, 1.82) is 0 Å². The largest absolute Gasteiger partial charge is 0.598 e. The summed E-state index contributed by atoms with van der Waals surface area (Å²) >= 11 is -1.18. The summed E-state index contributed by atoms with van der Waals surface area (Å²) in [5.41, 5.74) is 0. The van der Waals surface area contributed by atoms with Gasteiger partial charge in [0, 0.05) is 17.8 Å². The number of halogens is 2. The molecule has 0 aromatic heterocycles.